The van der Waals surface area contributed by atoms with Gasteiger partial charge in [0.2, 0.25) is 11.8 Å². The van der Waals surface area contributed by atoms with Gasteiger partial charge in [0.25, 0.3) is 0 Å². The van der Waals surface area contributed by atoms with Gasteiger partial charge in [-0.1, -0.05) is 23.7 Å². The smallest absolute Gasteiger partial charge is 0.243 e. The average Bonchev–Trinajstić information content (AvgIpc) is 2.62. The highest BCUT2D eigenvalue weighted by atomic mass is 35.5. The molecule has 0 radical (unpaired) electrons. The van der Waals surface area contributed by atoms with Crippen molar-refractivity contribution in [3.05, 3.63) is 64.2 Å². The van der Waals surface area contributed by atoms with Crippen molar-refractivity contribution < 1.29 is 14.4 Å². The molecule has 0 aliphatic carbocycles. The Kier molecular flexibility index (Phi) is 6.92. The Hall–Kier alpha value is -2.66. The minimum absolute atomic E-state index is 0.0260. The van der Waals surface area contributed by atoms with Crippen LogP contribution < -0.4 is 10.6 Å². The fourth-order valence-corrected chi connectivity index (χ4v) is 2.48. The third-order valence-corrected chi connectivity index (χ3v) is 4.32. The van der Waals surface area contributed by atoms with Crippen LogP contribution in [0.2, 0.25) is 5.02 Å². The first-order chi connectivity index (χ1) is 12.4. The highest BCUT2D eigenvalue weighted by Crippen LogP contribution is 2.17. The zero-order chi connectivity index (χ0) is 19.1. The lowest BCUT2D eigenvalue weighted by atomic mass is 10.1. The third-order valence-electron chi connectivity index (χ3n) is 4.07. The first-order valence-corrected chi connectivity index (χ1v) is 8.66. The molecule has 0 bridgehead atoms. The summed E-state index contributed by atoms with van der Waals surface area (Å²) in [7, 11) is 0. The summed E-state index contributed by atoms with van der Waals surface area (Å²) in [5, 5.41) is 5.85. The first-order valence-electron chi connectivity index (χ1n) is 8.28. The van der Waals surface area contributed by atoms with Crippen molar-refractivity contribution >= 4 is 34.9 Å². The Labute approximate surface area is 157 Å². The SMILES string of the molecule is Cc1cccc(NC(=O)CNC(=O)CCC(=O)c2ccc(Cl)cc2)c1C. The lowest BCUT2D eigenvalue weighted by Gasteiger charge is -2.11. The van der Waals surface area contributed by atoms with E-state index >= 15 is 0 Å². The highest BCUT2D eigenvalue weighted by Gasteiger charge is 2.11. The first kappa shape index (κ1) is 19.7. The number of hydrogen-bond donors (Lipinski definition) is 2. The number of carbonyl (C=O) groups is 3. The van der Waals surface area contributed by atoms with Crippen LogP contribution in [0.1, 0.15) is 34.3 Å². The van der Waals surface area contributed by atoms with E-state index < -0.39 is 0 Å². The van der Waals surface area contributed by atoms with E-state index in [0.717, 1.165) is 16.8 Å². The Morgan fingerprint density at radius 2 is 1.62 bits per heavy atom. The van der Waals surface area contributed by atoms with E-state index in [4.69, 9.17) is 11.6 Å². The standard InChI is InChI=1S/C20H21ClN2O3/c1-13-4-3-5-17(14(13)2)23-20(26)12-22-19(25)11-10-18(24)15-6-8-16(21)9-7-15/h3-9H,10-12H2,1-2H3,(H,22,25)(H,23,26). The third kappa shape index (κ3) is 5.70. The molecular weight excluding hydrogens is 352 g/mol. The molecule has 2 N–H and O–H groups in total. The van der Waals surface area contributed by atoms with E-state index in [2.05, 4.69) is 10.6 Å². The van der Waals surface area contributed by atoms with Crippen molar-refractivity contribution in [3.63, 3.8) is 0 Å². The van der Waals surface area contributed by atoms with Gasteiger partial charge >= 0.3 is 0 Å². The van der Waals surface area contributed by atoms with Gasteiger partial charge in [0.15, 0.2) is 5.78 Å². The lowest BCUT2D eigenvalue weighted by Crippen LogP contribution is -2.33. The summed E-state index contributed by atoms with van der Waals surface area (Å²) in [6, 6.07) is 12.1. The number of hydrogen-bond acceptors (Lipinski definition) is 3. The molecule has 2 amide bonds. The normalized spacial score (nSPS) is 10.3. The molecule has 0 aliphatic rings. The van der Waals surface area contributed by atoms with Crippen LogP contribution >= 0.6 is 11.6 Å². The molecule has 0 heterocycles. The van der Waals surface area contributed by atoms with E-state index in [1.54, 1.807) is 24.3 Å². The molecular formula is C20H21ClN2O3. The molecule has 0 unspecified atom stereocenters. The van der Waals surface area contributed by atoms with Crippen LogP contribution in [0.25, 0.3) is 0 Å². The maximum atomic E-state index is 12.0. The van der Waals surface area contributed by atoms with Crippen molar-refractivity contribution in [3.8, 4) is 0 Å². The molecule has 0 aromatic heterocycles. The van der Waals surface area contributed by atoms with Gasteiger partial charge in [-0.15, -0.1) is 0 Å². The minimum Gasteiger partial charge on any atom is -0.347 e. The van der Waals surface area contributed by atoms with Gasteiger partial charge in [-0.3, -0.25) is 14.4 Å². The molecule has 2 rings (SSSR count). The Morgan fingerprint density at radius 1 is 0.923 bits per heavy atom. The fourth-order valence-electron chi connectivity index (χ4n) is 2.36. The fraction of sp³-hybridized carbons (Fsp3) is 0.250. The van der Waals surface area contributed by atoms with Crippen LogP contribution in [0.3, 0.4) is 0 Å². The maximum Gasteiger partial charge on any atom is 0.243 e. The molecule has 5 nitrogen and oxygen atoms in total. The molecule has 0 atom stereocenters. The predicted octanol–water partition coefficient (Wildman–Crippen LogP) is 3.67. The molecule has 136 valence electrons. The summed E-state index contributed by atoms with van der Waals surface area (Å²) in [6.45, 7) is 3.75. The number of nitrogens with one attached hydrogen (secondary N) is 2. The van der Waals surface area contributed by atoms with E-state index in [0.29, 0.717) is 10.6 Å². The van der Waals surface area contributed by atoms with Gasteiger partial charge in [0, 0.05) is 29.1 Å². The lowest BCUT2D eigenvalue weighted by molar-refractivity contribution is -0.124. The van der Waals surface area contributed by atoms with Gasteiger partial charge in [0.1, 0.15) is 0 Å². The molecule has 2 aromatic rings. The van der Waals surface area contributed by atoms with E-state index in [-0.39, 0.29) is 37.0 Å². The van der Waals surface area contributed by atoms with Crippen LogP contribution in [0.5, 0.6) is 0 Å². The van der Waals surface area contributed by atoms with Gasteiger partial charge in [0.05, 0.1) is 6.54 Å². The van der Waals surface area contributed by atoms with Crippen LogP contribution in [0.4, 0.5) is 5.69 Å². The van der Waals surface area contributed by atoms with E-state index in [1.165, 1.54) is 0 Å². The molecule has 6 heteroatoms. The largest absolute Gasteiger partial charge is 0.347 e. The van der Waals surface area contributed by atoms with Crippen molar-refractivity contribution in [1.29, 1.82) is 0 Å². The number of Topliss-reactive ketones (excluding diaryl/α,β-unsaturated/α-hetero) is 1. The van der Waals surface area contributed by atoms with Crippen LogP contribution in [0.15, 0.2) is 42.5 Å². The Balaban J connectivity index is 1.76. The predicted molar refractivity (Wildman–Crippen MR) is 103 cm³/mol. The molecule has 0 saturated carbocycles. The second-order valence-electron chi connectivity index (χ2n) is 6.00. The average molecular weight is 373 g/mol. The maximum absolute atomic E-state index is 12.0. The number of amides is 2. The number of benzene rings is 2. The van der Waals surface area contributed by atoms with Gasteiger partial charge in [-0.05, 0) is 55.3 Å². The summed E-state index contributed by atoms with van der Waals surface area (Å²) in [6.07, 6.45) is 0.101. The highest BCUT2D eigenvalue weighted by molar-refractivity contribution is 6.30. The molecule has 0 aliphatic heterocycles. The van der Waals surface area contributed by atoms with Crippen LogP contribution in [-0.4, -0.2) is 24.1 Å². The summed E-state index contributed by atoms with van der Waals surface area (Å²) >= 11 is 5.78. The van der Waals surface area contributed by atoms with Crippen molar-refractivity contribution in [2.24, 2.45) is 0 Å². The number of aryl methyl sites for hydroxylation is 1. The van der Waals surface area contributed by atoms with Gasteiger partial charge in [-0.25, -0.2) is 0 Å². The van der Waals surface area contributed by atoms with Crippen molar-refractivity contribution in [2.75, 3.05) is 11.9 Å². The van der Waals surface area contributed by atoms with E-state index in [9.17, 15) is 14.4 Å². The van der Waals surface area contributed by atoms with Crippen LogP contribution in [0, 0.1) is 13.8 Å². The number of carbonyl (C=O) groups excluding carboxylic acids is 3. The zero-order valence-electron chi connectivity index (χ0n) is 14.8. The molecule has 26 heavy (non-hydrogen) atoms. The second-order valence-corrected chi connectivity index (χ2v) is 6.44. The topological polar surface area (TPSA) is 75.3 Å². The summed E-state index contributed by atoms with van der Waals surface area (Å²) in [4.78, 5) is 35.8. The summed E-state index contributed by atoms with van der Waals surface area (Å²) < 4.78 is 0. The second kappa shape index (κ2) is 9.15. The van der Waals surface area contributed by atoms with Crippen molar-refractivity contribution in [1.82, 2.24) is 5.32 Å². The number of halogens is 1. The zero-order valence-corrected chi connectivity index (χ0v) is 15.5. The molecule has 0 fully saturated rings. The Bertz CT molecular complexity index is 816. The summed E-state index contributed by atoms with van der Waals surface area (Å²) in [5.41, 5.74) is 3.30. The monoisotopic (exact) mass is 372 g/mol. The van der Waals surface area contributed by atoms with E-state index in [1.807, 2.05) is 32.0 Å². The summed E-state index contributed by atoms with van der Waals surface area (Å²) in [5.74, 6) is -0.795. The molecule has 0 saturated heterocycles. The number of rotatable bonds is 7. The number of anilines is 1. The number of ketones is 1. The molecule has 2 aromatic carbocycles. The van der Waals surface area contributed by atoms with Gasteiger partial charge in [-0.2, -0.15) is 0 Å². The Morgan fingerprint density at radius 3 is 2.31 bits per heavy atom. The van der Waals surface area contributed by atoms with Crippen molar-refractivity contribution in [2.45, 2.75) is 26.7 Å². The quantitative estimate of drug-likeness (QED) is 0.728. The van der Waals surface area contributed by atoms with Gasteiger partial charge < -0.3 is 10.6 Å². The molecule has 0 spiro atoms. The van der Waals surface area contributed by atoms with Crippen LogP contribution in [-0.2, 0) is 9.59 Å². The minimum atomic E-state index is -0.344.